The summed E-state index contributed by atoms with van der Waals surface area (Å²) in [5.74, 6) is -0.799. The first-order chi connectivity index (χ1) is 7.94. The summed E-state index contributed by atoms with van der Waals surface area (Å²) in [7, 11) is 0. The highest BCUT2D eigenvalue weighted by atomic mass is 16.4. The van der Waals surface area contributed by atoms with Gasteiger partial charge < -0.3 is 5.11 Å². The number of aryl methyl sites for hydroxylation is 1. The van der Waals surface area contributed by atoms with Crippen LogP contribution in [-0.2, 0) is 11.3 Å². The maximum atomic E-state index is 11.3. The molecular weight excluding hydrogens is 218 g/mol. The molecule has 96 valence electrons. The molecule has 1 heterocycles. The molecule has 5 heteroatoms. The van der Waals surface area contributed by atoms with Gasteiger partial charge in [-0.1, -0.05) is 0 Å². The van der Waals surface area contributed by atoms with Gasteiger partial charge in [0, 0.05) is 25.0 Å². The number of rotatable bonds is 7. The Morgan fingerprint density at radius 1 is 1.59 bits per heavy atom. The van der Waals surface area contributed by atoms with Gasteiger partial charge in [-0.05, 0) is 39.7 Å². The Kier molecular flexibility index (Phi) is 4.69. The molecule has 0 aliphatic carbocycles. The standard InChI is InChI=1S/C12H21N3O2/c1-10(2)14-12(3,11(16)17)6-4-8-15-9-5-7-13-15/h5,7,9-10,14H,4,6,8H2,1-3H3,(H,16,17). The molecule has 0 aliphatic heterocycles. The summed E-state index contributed by atoms with van der Waals surface area (Å²) in [5.41, 5.74) is -0.860. The van der Waals surface area contributed by atoms with E-state index in [1.54, 1.807) is 13.1 Å². The van der Waals surface area contributed by atoms with E-state index in [0.717, 1.165) is 13.0 Å². The normalized spacial score (nSPS) is 14.8. The summed E-state index contributed by atoms with van der Waals surface area (Å²) >= 11 is 0. The molecule has 1 aromatic heterocycles. The van der Waals surface area contributed by atoms with E-state index in [-0.39, 0.29) is 6.04 Å². The summed E-state index contributed by atoms with van der Waals surface area (Å²) < 4.78 is 1.82. The summed E-state index contributed by atoms with van der Waals surface area (Å²) in [6.45, 7) is 6.39. The summed E-state index contributed by atoms with van der Waals surface area (Å²) in [4.78, 5) is 11.3. The van der Waals surface area contributed by atoms with Crippen molar-refractivity contribution in [2.45, 2.75) is 51.7 Å². The average Bonchev–Trinajstić information content (AvgIpc) is 2.69. The molecule has 0 bridgehead atoms. The van der Waals surface area contributed by atoms with Gasteiger partial charge in [-0.3, -0.25) is 14.8 Å². The molecule has 0 saturated carbocycles. The highest BCUT2D eigenvalue weighted by molar-refractivity contribution is 5.78. The second kappa shape index (κ2) is 5.82. The van der Waals surface area contributed by atoms with E-state index in [1.165, 1.54) is 0 Å². The molecule has 0 amide bonds. The lowest BCUT2D eigenvalue weighted by Crippen LogP contribution is -2.52. The van der Waals surface area contributed by atoms with Gasteiger partial charge in [0.05, 0.1) is 0 Å². The molecule has 2 N–H and O–H groups in total. The maximum absolute atomic E-state index is 11.3. The van der Waals surface area contributed by atoms with Crippen molar-refractivity contribution in [2.75, 3.05) is 0 Å². The van der Waals surface area contributed by atoms with Crippen molar-refractivity contribution in [3.8, 4) is 0 Å². The number of carboxylic acid groups (broad SMARTS) is 1. The molecular formula is C12H21N3O2. The number of hydrogen-bond acceptors (Lipinski definition) is 3. The van der Waals surface area contributed by atoms with Crippen molar-refractivity contribution < 1.29 is 9.90 Å². The number of aromatic nitrogens is 2. The first-order valence-electron chi connectivity index (χ1n) is 5.92. The molecule has 0 aromatic carbocycles. The molecule has 1 rings (SSSR count). The van der Waals surface area contributed by atoms with Crippen LogP contribution in [0.3, 0.4) is 0 Å². The molecule has 0 fully saturated rings. The zero-order valence-corrected chi connectivity index (χ0v) is 10.7. The minimum atomic E-state index is -0.860. The van der Waals surface area contributed by atoms with Crippen LogP contribution >= 0.6 is 0 Å². The van der Waals surface area contributed by atoms with Crippen LogP contribution in [0.15, 0.2) is 18.5 Å². The third-order valence-corrected chi connectivity index (χ3v) is 2.70. The van der Waals surface area contributed by atoms with Crippen molar-refractivity contribution in [2.24, 2.45) is 0 Å². The van der Waals surface area contributed by atoms with E-state index >= 15 is 0 Å². The monoisotopic (exact) mass is 239 g/mol. The predicted octanol–water partition coefficient (Wildman–Crippen LogP) is 1.50. The van der Waals surface area contributed by atoms with E-state index < -0.39 is 11.5 Å². The fourth-order valence-electron chi connectivity index (χ4n) is 1.91. The quantitative estimate of drug-likeness (QED) is 0.756. The number of hydrogen-bond donors (Lipinski definition) is 2. The van der Waals surface area contributed by atoms with Gasteiger partial charge in [0.25, 0.3) is 0 Å². The number of carboxylic acids is 1. The average molecular weight is 239 g/mol. The van der Waals surface area contributed by atoms with Crippen LogP contribution in [0.25, 0.3) is 0 Å². The summed E-state index contributed by atoms with van der Waals surface area (Å²) in [5, 5.41) is 16.5. The second-order valence-electron chi connectivity index (χ2n) is 4.81. The first-order valence-corrected chi connectivity index (χ1v) is 5.92. The van der Waals surface area contributed by atoms with Gasteiger partial charge in [0.2, 0.25) is 0 Å². The first kappa shape index (κ1) is 13.7. The van der Waals surface area contributed by atoms with Crippen LogP contribution < -0.4 is 5.32 Å². The molecule has 0 aliphatic rings. The lowest BCUT2D eigenvalue weighted by Gasteiger charge is -2.28. The van der Waals surface area contributed by atoms with Crippen LogP contribution in [-0.4, -0.2) is 32.4 Å². The SMILES string of the molecule is CC(C)NC(C)(CCCn1cccn1)C(=O)O. The number of aliphatic carboxylic acids is 1. The summed E-state index contributed by atoms with van der Waals surface area (Å²) in [6.07, 6.45) is 4.97. The highest BCUT2D eigenvalue weighted by Crippen LogP contribution is 2.14. The fraction of sp³-hybridized carbons (Fsp3) is 0.667. The molecule has 1 aromatic rings. The Balaban J connectivity index is 2.47. The van der Waals surface area contributed by atoms with E-state index in [4.69, 9.17) is 0 Å². The Morgan fingerprint density at radius 2 is 2.29 bits per heavy atom. The minimum absolute atomic E-state index is 0.154. The van der Waals surface area contributed by atoms with E-state index in [9.17, 15) is 9.90 Å². The van der Waals surface area contributed by atoms with Crippen LogP contribution in [0, 0.1) is 0 Å². The van der Waals surface area contributed by atoms with Crippen molar-refractivity contribution in [3.05, 3.63) is 18.5 Å². The van der Waals surface area contributed by atoms with Gasteiger partial charge in [-0.2, -0.15) is 5.10 Å². The third kappa shape index (κ3) is 4.19. The molecule has 1 unspecified atom stereocenters. The van der Waals surface area contributed by atoms with E-state index in [1.807, 2.05) is 30.8 Å². The van der Waals surface area contributed by atoms with Gasteiger partial charge in [0.15, 0.2) is 0 Å². The van der Waals surface area contributed by atoms with Crippen molar-refractivity contribution >= 4 is 5.97 Å². The predicted molar refractivity (Wildman–Crippen MR) is 65.8 cm³/mol. The van der Waals surface area contributed by atoms with Crippen LogP contribution in [0.5, 0.6) is 0 Å². The second-order valence-corrected chi connectivity index (χ2v) is 4.81. The molecule has 1 atom stereocenters. The molecule has 17 heavy (non-hydrogen) atoms. The number of nitrogens with one attached hydrogen (secondary N) is 1. The Morgan fingerprint density at radius 3 is 2.76 bits per heavy atom. The fourth-order valence-corrected chi connectivity index (χ4v) is 1.91. The number of nitrogens with zero attached hydrogens (tertiary/aromatic N) is 2. The van der Waals surface area contributed by atoms with E-state index in [2.05, 4.69) is 10.4 Å². The van der Waals surface area contributed by atoms with Crippen LogP contribution in [0.4, 0.5) is 0 Å². The Labute approximate surface area is 102 Å². The minimum Gasteiger partial charge on any atom is -0.480 e. The van der Waals surface area contributed by atoms with Crippen LogP contribution in [0.1, 0.15) is 33.6 Å². The third-order valence-electron chi connectivity index (χ3n) is 2.70. The Hall–Kier alpha value is -1.36. The van der Waals surface area contributed by atoms with Crippen molar-refractivity contribution in [3.63, 3.8) is 0 Å². The summed E-state index contributed by atoms with van der Waals surface area (Å²) in [6, 6.07) is 2.02. The van der Waals surface area contributed by atoms with E-state index in [0.29, 0.717) is 6.42 Å². The van der Waals surface area contributed by atoms with Gasteiger partial charge >= 0.3 is 5.97 Å². The lowest BCUT2D eigenvalue weighted by atomic mass is 9.95. The van der Waals surface area contributed by atoms with Gasteiger partial charge in [0.1, 0.15) is 5.54 Å². The van der Waals surface area contributed by atoms with Gasteiger partial charge in [-0.25, -0.2) is 0 Å². The maximum Gasteiger partial charge on any atom is 0.323 e. The zero-order valence-electron chi connectivity index (χ0n) is 10.7. The largest absolute Gasteiger partial charge is 0.480 e. The highest BCUT2D eigenvalue weighted by Gasteiger charge is 2.32. The van der Waals surface area contributed by atoms with Crippen molar-refractivity contribution in [1.29, 1.82) is 0 Å². The van der Waals surface area contributed by atoms with Gasteiger partial charge in [-0.15, -0.1) is 0 Å². The zero-order chi connectivity index (χ0) is 12.9. The lowest BCUT2D eigenvalue weighted by molar-refractivity contribution is -0.144. The molecule has 0 saturated heterocycles. The molecule has 0 radical (unpaired) electrons. The topological polar surface area (TPSA) is 67.2 Å². The van der Waals surface area contributed by atoms with Crippen LogP contribution in [0.2, 0.25) is 0 Å². The Bertz CT molecular complexity index is 349. The molecule has 0 spiro atoms. The molecule has 5 nitrogen and oxygen atoms in total. The number of carbonyl (C=O) groups is 1. The smallest absolute Gasteiger partial charge is 0.323 e. The van der Waals surface area contributed by atoms with Crippen molar-refractivity contribution in [1.82, 2.24) is 15.1 Å².